The van der Waals surface area contributed by atoms with Crippen LogP contribution in [0.1, 0.15) is 45.4 Å². The normalized spacial score (nSPS) is 30.0. The first-order chi connectivity index (χ1) is 14.5. The molecule has 2 amide bonds. The Kier molecular flexibility index (Phi) is 6.32. The average Bonchev–Trinajstić information content (AvgIpc) is 2.71. The fourth-order valence-electron chi connectivity index (χ4n) is 6.56. The zero-order valence-electron chi connectivity index (χ0n) is 18.3. The highest BCUT2D eigenvalue weighted by Gasteiger charge is 2.50. The van der Waals surface area contributed by atoms with Crippen LogP contribution in [0.25, 0.3) is 0 Å². The molecular weight excluding hydrogens is 378 g/mol. The minimum absolute atomic E-state index is 0.0627. The summed E-state index contributed by atoms with van der Waals surface area (Å²) in [5, 5.41) is 6.14. The van der Waals surface area contributed by atoms with Gasteiger partial charge in [0.2, 0.25) is 0 Å². The third kappa shape index (κ3) is 4.80. The second kappa shape index (κ2) is 8.96. The summed E-state index contributed by atoms with van der Waals surface area (Å²) < 4.78 is 5.29. The fraction of sp³-hybridized carbons (Fsp3) is 0.667. The van der Waals surface area contributed by atoms with Crippen molar-refractivity contribution in [2.24, 2.45) is 23.2 Å². The molecule has 1 aromatic rings. The van der Waals surface area contributed by atoms with Gasteiger partial charge >= 0.3 is 0 Å². The molecule has 4 saturated carbocycles. The predicted molar refractivity (Wildman–Crippen MR) is 116 cm³/mol. The van der Waals surface area contributed by atoms with Gasteiger partial charge in [-0.05, 0) is 80.8 Å². The van der Waals surface area contributed by atoms with Gasteiger partial charge in [0.05, 0.1) is 19.3 Å². The van der Waals surface area contributed by atoms with E-state index in [1.165, 1.54) is 38.5 Å². The third-order valence-electron chi connectivity index (χ3n) is 7.53. The number of likely N-dealkylation sites (N-methyl/N-ethyl adjacent to an activating group) is 1. The van der Waals surface area contributed by atoms with Crippen molar-refractivity contribution < 1.29 is 19.2 Å². The lowest BCUT2D eigenvalue weighted by Crippen LogP contribution is -3.14. The molecule has 0 aromatic heterocycles. The van der Waals surface area contributed by atoms with E-state index in [4.69, 9.17) is 4.74 Å². The Morgan fingerprint density at radius 3 is 2.23 bits per heavy atom. The molecule has 1 aromatic carbocycles. The van der Waals surface area contributed by atoms with Crippen LogP contribution in [0.2, 0.25) is 0 Å². The Balaban J connectivity index is 1.25. The van der Waals surface area contributed by atoms with Gasteiger partial charge in [0.1, 0.15) is 5.75 Å². The third-order valence-corrected chi connectivity index (χ3v) is 7.53. The summed E-state index contributed by atoms with van der Waals surface area (Å²) in [6.07, 6.45) is 8.15. The van der Waals surface area contributed by atoms with E-state index in [-0.39, 0.29) is 18.4 Å². The molecule has 0 aliphatic heterocycles. The maximum absolute atomic E-state index is 12.7. The lowest BCUT2D eigenvalue weighted by atomic mass is 9.49. The monoisotopic (exact) mass is 414 g/mol. The van der Waals surface area contributed by atoms with E-state index < -0.39 is 0 Å². The number of carbonyl (C=O) groups is 2. The summed E-state index contributed by atoms with van der Waals surface area (Å²) in [5.74, 6) is 3.27. The van der Waals surface area contributed by atoms with Gasteiger partial charge in [0.15, 0.2) is 13.1 Å². The molecule has 1 atom stereocenters. The molecular formula is C24H36N3O3+. The van der Waals surface area contributed by atoms with Crippen LogP contribution in [0.5, 0.6) is 5.75 Å². The molecule has 4 fully saturated rings. The van der Waals surface area contributed by atoms with Gasteiger partial charge in [-0.15, -0.1) is 0 Å². The van der Waals surface area contributed by atoms with E-state index in [0.717, 1.165) is 35.7 Å². The SMILES string of the molecule is CC[NH+](CC(=O)NCC12CC3CC(CC(C3)C1)C2)CC(=O)Nc1ccccc1OC. The van der Waals surface area contributed by atoms with Crippen molar-refractivity contribution in [2.75, 3.05) is 38.6 Å². The van der Waals surface area contributed by atoms with Gasteiger partial charge in [-0.2, -0.15) is 0 Å². The number of rotatable bonds is 9. The van der Waals surface area contributed by atoms with Crippen LogP contribution in [0.15, 0.2) is 24.3 Å². The first kappa shape index (κ1) is 21.2. The fourth-order valence-corrected chi connectivity index (χ4v) is 6.56. The second-order valence-corrected chi connectivity index (χ2v) is 9.90. The highest BCUT2D eigenvalue weighted by molar-refractivity contribution is 5.93. The Morgan fingerprint density at radius 1 is 1.03 bits per heavy atom. The quantitative estimate of drug-likeness (QED) is 0.578. The van der Waals surface area contributed by atoms with Gasteiger partial charge in [0, 0.05) is 6.54 Å². The molecule has 3 N–H and O–H groups in total. The first-order valence-corrected chi connectivity index (χ1v) is 11.5. The molecule has 0 heterocycles. The van der Waals surface area contributed by atoms with Crippen LogP contribution < -0.4 is 20.3 Å². The first-order valence-electron chi connectivity index (χ1n) is 11.5. The standard InChI is InChI=1S/C24H35N3O3/c1-3-27(15-23(29)26-20-6-4-5-7-21(20)30-2)14-22(28)25-16-24-11-17-8-18(12-24)10-19(9-17)13-24/h4-7,17-19H,3,8-16H2,1-2H3,(H,25,28)(H,26,29)/p+1. The number of hydrogen-bond donors (Lipinski definition) is 3. The summed E-state index contributed by atoms with van der Waals surface area (Å²) in [5.41, 5.74) is 1.00. The van der Waals surface area contributed by atoms with Crippen LogP contribution in [0.4, 0.5) is 5.69 Å². The minimum atomic E-state index is -0.106. The zero-order valence-corrected chi connectivity index (χ0v) is 18.3. The Labute approximate surface area is 179 Å². The second-order valence-electron chi connectivity index (χ2n) is 9.90. The number of anilines is 1. The van der Waals surface area contributed by atoms with Crippen molar-refractivity contribution in [2.45, 2.75) is 45.4 Å². The molecule has 0 radical (unpaired) electrons. The highest BCUT2D eigenvalue weighted by atomic mass is 16.5. The average molecular weight is 415 g/mol. The lowest BCUT2D eigenvalue weighted by molar-refractivity contribution is -0.881. The highest BCUT2D eigenvalue weighted by Crippen LogP contribution is 2.59. The van der Waals surface area contributed by atoms with Crippen molar-refractivity contribution in [1.82, 2.24) is 5.32 Å². The maximum atomic E-state index is 12.7. The maximum Gasteiger partial charge on any atom is 0.279 e. The lowest BCUT2D eigenvalue weighted by Gasteiger charge is -2.56. The van der Waals surface area contributed by atoms with Crippen molar-refractivity contribution in [3.63, 3.8) is 0 Å². The molecule has 5 rings (SSSR count). The van der Waals surface area contributed by atoms with Crippen molar-refractivity contribution in [3.8, 4) is 5.75 Å². The van der Waals surface area contributed by atoms with Gasteiger partial charge in [0.25, 0.3) is 11.8 Å². The van der Waals surface area contributed by atoms with Crippen LogP contribution in [0.3, 0.4) is 0 Å². The smallest absolute Gasteiger partial charge is 0.279 e. The number of methoxy groups -OCH3 is 1. The number of hydrogen-bond acceptors (Lipinski definition) is 3. The Hall–Kier alpha value is -2.08. The van der Waals surface area contributed by atoms with Crippen molar-refractivity contribution >= 4 is 17.5 Å². The molecule has 30 heavy (non-hydrogen) atoms. The topological polar surface area (TPSA) is 71.9 Å². The van der Waals surface area contributed by atoms with Crippen LogP contribution in [0, 0.1) is 23.2 Å². The van der Waals surface area contributed by atoms with Crippen LogP contribution >= 0.6 is 0 Å². The number of ether oxygens (including phenoxy) is 1. The van der Waals surface area contributed by atoms with E-state index in [1.807, 2.05) is 31.2 Å². The van der Waals surface area contributed by atoms with Gasteiger partial charge in [-0.1, -0.05) is 12.1 Å². The number of carbonyl (C=O) groups excluding carboxylic acids is 2. The molecule has 4 aliphatic rings. The molecule has 1 unspecified atom stereocenters. The van der Waals surface area contributed by atoms with Gasteiger partial charge in [-0.25, -0.2) is 0 Å². The molecule has 0 spiro atoms. The number of amides is 2. The van der Waals surface area contributed by atoms with E-state index in [9.17, 15) is 9.59 Å². The molecule has 6 nitrogen and oxygen atoms in total. The zero-order chi connectivity index (χ0) is 21.1. The van der Waals surface area contributed by atoms with E-state index in [0.29, 0.717) is 23.4 Å². The van der Waals surface area contributed by atoms with Gasteiger partial charge in [-0.3, -0.25) is 9.59 Å². The van der Waals surface area contributed by atoms with Crippen LogP contribution in [-0.4, -0.2) is 45.1 Å². The van der Waals surface area contributed by atoms with E-state index in [2.05, 4.69) is 10.6 Å². The summed E-state index contributed by atoms with van der Waals surface area (Å²) in [4.78, 5) is 26.1. The number of nitrogens with one attached hydrogen (secondary N) is 3. The number of para-hydroxylation sites is 2. The Morgan fingerprint density at radius 2 is 1.63 bits per heavy atom. The Bertz CT molecular complexity index is 743. The molecule has 6 heteroatoms. The van der Waals surface area contributed by atoms with Gasteiger partial charge < -0.3 is 20.3 Å². The summed E-state index contributed by atoms with van der Waals surface area (Å²) in [7, 11) is 1.59. The molecule has 4 aliphatic carbocycles. The predicted octanol–water partition coefficient (Wildman–Crippen LogP) is 1.87. The minimum Gasteiger partial charge on any atom is -0.495 e. The van der Waals surface area contributed by atoms with E-state index >= 15 is 0 Å². The largest absolute Gasteiger partial charge is 0.495 e. The van der Waals surface area contributed by atoms with E-state index in [1.54, 1.807) is 7.11 Å². The number of benzene rings is 1. The molecule has 4 bridgehead atoms. The summed E-state index contributed by atoms with van der Waals surface area (Å²) in [6.45, 7) is 4.16. The summed E-state index contributed by atoms with van der Waals surface area (Å²) >= 11 is 0. The van der Waals surface area contributed by atoms with Crippen molar-refractivity contribution in [3.05, 3.63) is 24.3 Å². The number of quaternary nitrogens is 1. The summed E-state index contributed by atoms with van der Waals surface area (Å²) in [6, 6.07) is 7.37. The molecule has 164 valence electrons. The van der Waals surface area contributed by atoms with Crippen LogP contribution in [-0.2, 0) is 9.59 Å². The molecule has 0 saturated heterocycles. The van der Waals surface area contributed by atoms with Crippen molar-refractivity contribution in [1.29, 1.82) is 0 Å².